The topological polar surface area (TPSA) is 90.9 Å². The normalized spacial score (nSPS) is 12.1. The fourth-order valence-corrected chi connectivity index (χ4v) is 1.63. The van der Waals surface area contributed by atoms with E-state index in [0.717, 1.165) is 6.54 Å². The van der Waals surface area contributed by atoms with Crippen LogP contribution in [0.15, 0.2) is 24.8 Å². The van der Waals surface area contributed by atoms with Crippen LogP contribution < -0.4 is 15.8 Å². The van der Waals surface area contributed by atoms with Crippen LogP contribution in [-0.2, 0) is 6.54 Å². The van der Waals surface area contributed by atoms with Crippen LogP contribution in [0.1, 0.15) is 6.92 Å². The quantitative estimate of drug-likeness (QED) is 0.812. The molecule has 0 aliphatic carbocycles. The van der Waals surface area contributed by atoms with Crippen LogP contribution in [0.4, 0.5) is 11.8 Å². The largest absolute Gasteiger partial charge is 0.481 e. The predicted octanol–water partition coefficient (Wildman–Crippen LogP) is 0.764. The Morgan fingerprint density at radius 2 is 2.33 bits per heavy atom. The summed E-state index contributed by atoms with van der Waals surface area (Å²) in [6, 6.07) is 1.89. The highest BCUT2D eigenvalue weighted by Crippen LogP contribution is 2.15. The van der Waals surface area contributed by atoms with Gasteiger partial charge in [-0.1, -0.05) is 0 Å². The summed E-state index contributed by atoms with van der Waals surface area (Å²) >= 11 is 0. The molecule has 96 valence electrons. The molecule has 0 aromatic carbocycles. The number of ether oxygens (including phenoxy) is 1. The zero-order chi connectivity index (χ0) is 13.0. The van der Waals surface area contributed by atoms with Crippen molar-refractivity contribution in [3.8, 4) is 5.88 Å². The average Bonchev–Trinajstić information content (AvgIpc) is 2.80. The molecule has 1 unspecified atom stereocenters. The third-order valence-corrected chi connectivity index (χ3v) is 2.37. The van der Waals surface area contributed by atoms with Crippen molar-refractivity contribution in [2.24, 2.45) is 0 Å². The molecule has 3 N–H and O–H groups in total. The summed E-state index contributed by atoms with van der Waals surface area (Å²) in [5, 5.41) is 3.24. The maximum absolute atomic E-state index is 5.59. The summed E-state index contributed by atoms with van der Waals surface area (Å²) in [6.45, 7) is 2.83. The van der Waals surface area contributed by atoms with Crippen LogP contribution >= 0.6 is 0 Å². The molecule has 0 bridgehead atoms. The van der Waals surface area contributed by atoms with E-state index in [2.05, 4.69) is 20.3 Å². The van der Waals surface area contributed by atoms with E-state index in [0.29, 0.717) is 11.7 Å². The molecular weight excluding hydrogens is 232 g/mol. The predicted molar refractivity (Wildman–Crippen MR) is 68.3 cm³/mol. The number of hydrogen-bond donors (Lipinski definition) is 2. The Kier molecular flexibility index (Phi) is 3.61. The number of nitrogens with two attached hydrogens (primary N) is 1. The Hall–Kier alpha value is -2.31. The minimum Gasteiger partial charge on any atom is -0.481 e. The number of imidazole rings is 1. The van der Waals surface area contributed by atoms with E-state index in [-0.39, 0.29) is 12.0 Å². The molecule has 0 radical (unpaired) electrons. The van der Waals surface area contributed by atoms with Crippen LogP contribution in [0.25, 0.3) is 0 Å². The smallest absolute Gasteiger partial charge is 0.225 e. The number of methoxy groups -OCH3 is 1. The lowest BCUT2D eigenvalue weighted by Crippen LogP contribution is -2.22. The molecule has 1 atom stereocenters. The van der Waals surface area contributed by atoms with Gasteiger partial charge in [-0.05, 0) is 6.92 Å². The highest BCUT2D eigenvalue weighted by Gasteiger charge is 2.07. The molecule has 7 heteroatoms. The molecule has 0 aliphatic rings. The maximum Gasteiger partial charge on any atom is 0.225 e. The lowest BCUT2D eigenvalue weighted by Gasteiger charge is -2.15. The van der Waals surface area contributed by atoms with E-state index in [1.807, 2.05) is 17.7 Å². The Balaban J connectivity index is 2.02. The van der Waals surface area contributed by atoms with Gasteiger partial charge in [-0.15, -0.1) is 0 Å². The molecule has 7 nitrogen and oxygen atoms in total. The number of nitrogens with zero attached hydrogens (tertiary/aromatic N) is 4. The SMILES string of the molecule is COc1cc(NC(C)Cn2ccnc2)nc(N)n1. The van der Waals surface area contributed by atoms with Gasteiger partial charge in [-0.2, -0.15) is 9.97 Å². The first-order valence-corrected chi connectivity index (χ1v) is 5.58. The lowest BCUT2D eigenvalue weighted by atomic mass is 10.3. The van der Waals surface area contributed by atoms with Gasteiger partial charge in [0.05, 0.1) is 13.4 Å². The molecule has 18 heavy (non-hydrogen) atoms. The van der Waals surface area contributed by atoms with Crippen LogP contribution in [0.3, 0.4) is 0 Å². The van der Waals surface area contributed by atoms with Crippen LogP contribution in [-0.4, -0.2) is 32.7 Å². The fraction of sp³-hybridized carbons (Fsp3) is 0.364. The van der Waals surface area contributed by atoms with E-state index in [9.17, 15) is 0 Å². The third kappa shape index (κ3) is 3.09. The molecule has 2 rings (SSSR count). The monoisotopic (exact) mass is 248 g/mol. The standard InChI is InChI=1S/C11H16N6O/c1-8(6-17-4-3-13-7-17)14-9-5-10(18-2)16-11(12)15-9/h3-5,7-8H,6H2,1-2H3,(H3,12,14,15,16). The highest BCUT2D eigenvalue weighted by molar-refractivity contribution is 5.43. The van der Waals surface area contributed by atoms with Crippen molar-refractivity contribution >= 4 is 11.8 Å². The van der Waals surface area contributed by atoms with Crippen molar-refractivity contribution in [2.75, 3.05) is 18.2 Å². The average molecular weight is 248 g/mol. The van der Waals surface area contributed by atoms with Crippen LogP contribution in [0.2, 0.25) is 0 Å². The van der Waals surface area contributed by atoms with Crippen molar-refractivity contribution in [3.05, 3.63) is 24.8 Å². The molecule has 0 saturated heterocycles. The summed E-state index contributed by atoms with van der Waals surface area (Å²) in [7, 11) is 1.54. The molecule has 2 aromatic heterocycles. The van der Waals surface area contributed by atoms with Crippen LogP contribution in [0.5, 0.6) is 5.88 Å². The summed E-state index contributed by atoms with van der Waals surface area (Å²) in [4.78, 5) is 12.0. The second-order valence-corrected chi connectivity index (χ2v) is 3.96. The van der Waals surface area contributed by atoms with E-state index >= 15 is 0 Å². The molecule has 0 spiro atoms. The van der Waals surface area contributed by atoms with Gasteiger partial charge >= 0.3 is 0 Å². The van der Waals surface area contributed by atoms with E-state index in [1.54, 1.807) is 25.7 Å². The van der Waals surface area contributed by atoms with Gasteiger partial charge in [0.15, 0.2) is 0 Å². The second-order valence-electron chi connectivity index (χ2n) is 3.96. The molecular formula is C11H16N6O. The summed E-state index contributed by atoms with van der Waals surface area (Å²) in [5.41, 5.74) is 5.59. The summed E-state index contributed by atoms with van der Waals surface area (Å²) < 4.78 is 7.02. The minimum atomic E-state index is 0.179. The number of hydrogen-bond acceptors (Lipinski definition) is 6. The molecule has 2 heterocycles. The van der Waals surface area contributed by atoms with Gasteiger partial charge in [0, 0.05) is 31.0 Å². The molecule has 0 fully saturated rings. The number of rotatable bonds is 5. The molecule has 0 amide bonds. The van der Waals surface area contributed by atoms with Gasteiger partial charge in [0.2, 0.25) is 11.8 Å². The van der Waals surface area contributed by atoms with Crippen molar-refractivity contribution in [1.29, 1.82) is 0 Å². The Labute approximate surface area is 105 Å². The zero-order valence-electron chi connectivity index (χ0n) is 10.4. The van der Waals surface area contributed by atoms with E-state index in [1.165, 1.54) is 0 Å². The van der Waals surface area contributed by atoms with Crippen molar-refractivity contribution in [1.82, 2.24) is 19.5 Å². The molecule has 0 saturated carbocycles. The van der Waals surface area contributed by atoms with Crippen molar-refractivity contribution in [2.45, 2.75) is 19.5 Å². The second kappa shape index (κ2) is 5.35. The van der Waals surface area contributed by atoms with Gasteiger partial charge in [-0.25, -0.2) is 4.98 Å². The first kappa shape index (κ1) is 12.2. The van der Waals surface area contributed by atoms with Gasteiger partial charge in [-0.3, -0.25) is 0 Å². The number of nitrogen functional groups attached to an aromatic ring is 1. The summed E-state index contributed by atoms with van der Waals surface area (Å²) in [6.07, 6.45) is 5.43. The first-order chi connectivity index (χ1) is 8.67. The lowest BCUT2D eigenvalue weighted by molar-refractivity contribution is 0.398. The Morgan fingerprint density at radius 3 is 3.00 bits per heavy atom. The zero-order valence-corrected chi connectivity index (χ0v) is 10.4. The molecule has 0 aliphatic heterocycles. The maximum atomic E-state index is 5.59. The fourth-order valence-electron chi connectivity index (χ4n) is 1.63. The number of aromatic nitrogens is 4. The molecule has 2 aromatic rings. The van der Waals surface area contributed by atoms with E-state index in [4.69, 9.17) is 10.5 Å². The van der Waals surface area contributed by atoms with Gasteiger partial charge in [0.25, 0.3) is 0 Å². The number of nitrogens with one attached hydrogen (secondary N) is 1. The minimum absolute atomic E-state index is 0.179. The van der Waals surface area contributed by atoms with E-state index < -0.39 is 0 Å². The van der Waals surface area contributed by atoms with Crippen LogP contribution in [0, 0.1) is 0 Å². The summed E-state index contributed by atoms with van der Waals surface area (Å²) in [5.74, 6) is 1.28. The first-order valence-electron chi connectivity index (χ1n) is 5.58. The van der Waals surface area contributed by atoms with Crippen molar-refractivity contribution < 1.29 is 4.74 Å². The Morgan fingerprint density at radius 1 is 1.50 bits per heavy atom. The van der Waals surface area contributed by atoms with Gasteiger partial charge < -0.3 is 20.4 Å². The number of anilines is 2. The Bertz CT molecular complexity index is 498. The van der Waals surface area contributed by atoms with Gasteiger partial charge in [0.1, 0.15) is 5.82 Å². The van der Waals surface area contributed by atoms with Crippen molar-refractivity contribution in [3.63, 3.8) is 0 Å². The highest BCUT2D eigenvalue weighted by atomic mass is 16.5. The third-order valence-electron chi connectivity index (χ3n) is 2.37.